The van der Waals surface area contributed by atoms with E-state index in [0.29, 0.717) is 6.54 Å². The zero-order chi connectivity index (χ0) is 13.3. The molecule has 0 saturated carbocycles. The van der Waals surface area contributed by atoms with Crippen molar-refractivity contribution in [2.45, 2.75) is 20.4 Å². The van der Waals surface area contributed by atoms with Crippen LogP contribution in [0.4, 0.5) is 0 Å². The Kier molecular flexibility index (Phi) is 3.34. The fourth-order valence-corrected chi connectivity index (χ4v) is 2.73. The Morgan fingerprint density at radius 3 is 2.67 bits per heavy atom. The van der Waals surface area contributed by atoms with E-state index < -0.39 is 5.97 Å². The summed E-state index contributed by atoms with van der Waals surface area (Å²) in [6, 6.07) is 4.64. The van der Waals surface area contributed by atoms with E-state index in [0.717, 1.165) is 4.88 Å². The van der Waals surface area contributed by atoms with Crippen molar-refractivity contribution in [3.63, 3.8) is 0 Å². The van der Waals surface area contributed by atoms with Gasteiger partial charge >= 0.3 is 5.97 Å². The summed E-state index contributed by atoms with van der Waals surface area (Å²) in [5, 5.41) is 8.90. The van der Waals surface area contributed by atoms with Crippen molar-refractivity contribution in [1.82, 2.24) is 4.57 Å². The third-order valence-electron chi connectivity index (χ3n) is 2.77. The molecule has 0 aliphatic carbocycles. The predicted octanol–water partition coefficient (Wildman–Crippen LogP) is 2.27. The van der Waals surface area contributed by atoms with Gasteiger partial charge in [0.05, 0.1) is 12.1 Å². The van der Waals surface area contributed by atoms with Crippen molar-refractivity contribution in [2.24, 2.45) is 0 Å². The van der Waals surface area contributed by atoms with Crippen LogP contribution in [0.1, 0.15) is 25.7 Å². The quantitative estimate of drug-likeness (QED) is 0.924. The molecule has 4 nitrogen and oxygen atoms in total. The van der Waals surface area contributed by atoms with Crippen LogP contribution in [0, 0.1) is 13.8 Å². The first-order valence-electron chi connectivity index (χ1n) is 5.47. The molecule has 2 rings (SSSR count). The Morgan fingerprint density at radius 1 is 1.39 bits per heavy atom. The van der Waals surface area contributed by atoms with Crippen LogP contribution in [0.15, 0.2) is 29.2 Å². The molecule has 0 unspecified atom stereocenters. The van der Waals surface area contributed by atoms with Gasteiger partial charge in [0.1, 0.15) is 0 Å². The Morgan fingerprint density at radius 2 is 2.11 bits per heavy atom. The fraction of sp³-hybridized carbons (Fsp3) is 0.231. The standard InChI is InChI=1S/C13H13NO3S/c1-8-5-11(18-9(8)2)7-14-6-10(13(16)17)3-4-12(14)15/h3-6H,7H2,1-2H3,(H,16,17). The number of carboxylic acid groups (broad SMARTS) is 1. The molecule has 0 saturated heterocycles. The molecule has 0 fully saturated rings. The van der Waals surface area contributed by atoms with Gasteiger partial charge in [-0.3, -0.25) is 4.79 Å². The van der Waals surface area contributed by atoms with E-state index in [4.69, 9.17) is 5.11 Å². The van der Waals surface area contributed by atoms with Gasteiger partial charge in [-0.15, -0.1) is 11.3 Å². The van der Waals surface area contributed by atoms with Gasteiger partial charge in [0, 0.05) is 22.0 Å². The molecule has 0 aromatic carbocycles. The number of aromatic nitrogens is 1. The summed E-state index contributed by atoms with van der Waals surface area (Å²) < 4.78 is 1.42. The number of nitrogens with zero attached hydrogens (tertiary/aromatic N) is 1. The number of hydrogen-bond donors (Lipinski definition) is 1. The molecule has 18 heavy (non-hydrogen) atoms. The van der Waals surface area contributed by atoms with Crippen LogP contribution in [-0.4, -0.2) is 15.6 Å². The summed E-state index contributed by atoms with van der Waals surface area (Å²) in [6.07, 6.45) is 1.38. The number of pyridine rings is 1. The van der Waals surface area contributed by atoms with Crippen molar-refractivity contribution < 1.29 is 9.90 Å². The van der Waals surface area contributed by atoms with Gasteiger partial charge in [-0.1, -0.05) is 0 Å². The molecule has 0 amide bonds. The second-order valence-electron chi connectivity index (χ2n) is 4.14. The third-order valence-corrected chi connectivity index (χ3v) is 3.91. The molecule has 5 heteroatoms. The molecular formula is C13H13NO3S. The maximum Gasteiger partial charge on any atom is 0.337 e. The van der Waals surface area contributed by atoms with Gasteiger partial charge in [0.2, 0.25) is 0 Å². The molecule has 0 aliphatic rings. The number of thiophene rings is 1. The first-order valence-corrected chi connectivity index (χ1v) is 6.28. The molecule has 2 heterocycles. The van der Waals surface area contributed by atoms with Crippen LogP contribution in [-0.2, 0) is 6.54 Å². The Bertz CT molecular complexity index is 635. The highest BCUT2D eigenvalue weighted by Gasteiger charge is 2.07. The Hall–Kier alpha value is -1.88. The normalized spacial score (nSPS) is 10.6. The minimum Gasteiger partial charge on any atom is -0.478 e. The van der Waals surface area contributed by atoms with E-state index in [1.807, 2.05) is 19.9 Å². The van der Waals surface area contributed by atoms with Gasteiger partial charge in [-0.05, 0) is 31.5 Å². The van der Waals surface area contributed by atoms with Crippen LogP contribution in [0.3, 0.4) is 0 Å². The zero-order valence-corrected chi connectivity index (χ0v) is 11.0. The van der Waals surface area contributed by atoms with Crippen LogP contribution < -0.4 is 5.56 Å². The monoisotopic (exact) mass is 263 g/mol. The van der Waals surface area contributed by atoms with Crippen LogP contribution in [0.5, 0.6) is 0 Å². The summed E-state index contributed by atoms with van der Waals surface area (Å²) in [7, 11) is 0. The lowest BCUT2D eigenvalue weighted by atomic mass is 10.2. The maximum atomic E-state index is 11.7. The van der Waals surface area contributed by atoms with E-state index in [2.05, 4.69) is 0 Å². The first kappa shape index (κ1) is 12.6. The van der Waals surface area contributed by atoms with Crippen molar-refractivity contribution in [1.29, 1.82) is 0 Å². The number of carbonyl (C=O) groups is 1. The van der Waals surface area contributed by atoms with E-state index in [-0.39, 0.29) is 11.1 Å². The fourth-order valence-electron chi connectivity index (χ4n) is 1.68. The van der Waals surface area contributed by atoms with Crippen molar-refractivity contribution >= 4 is 17.3 Å². The lowest BCUT2D eigenvalue weighted by molar-refractivity contribution is 0.0696. The summed E-state index contributed by atoms with van der Waals surface area (Å²) in [6.45, 7) is 4.46. The SMILES string of the molecule is Cc1cc(Cn2cc(C(=O)O)ccc2=O)sc1C. The summed E-state index contributed by atoms with van der Waals surface area (Å²) in [4.78, 5) is 24.8. The summed E-state index contributed by atoms with van der Waals surface area (Å²) in [5.41, 5.74) is 1.13. The average Bonchev–Trinajstić information content (AvgIpc) is 2.61. The second-order valence-corrected chi connectivity index (χ2v) is 5.48. The van der Waals surface area contributed by atoms with Gasteiger partial charge in [0.25, 0.3) is 5.56 Å². The zero-order valence-electron chi connectivity index (χ0n) is 10.1. The highest BCUT2D eigenvalue weighted by molar-refractivity contribution is 7.12. The molecule has 2 aromatic heterocycles. The molecule has 0 atom stereocenters. The molecule has 2 aromatic rings. The average molecular weight is 263 g/mol. The predicted molar refractivity (Wildman–Crippen MR) is 70.6 cm³/mol. The van der Waals surface area contributed by atoms with Gasteiger partial charge < -0.3 is 9.67 Å². The van der Waals surface area contributed by atoms with Crippen LogP contribution in [0.25, 0.3) is 0 Å². The van der Waals surface area contributed by atoms with Crippen molar-refractivity contribution in [3.8, 4) is 0 Å². The Balaban J connectivity index is 2.36. The number of hydrogen-bond acceptors (Lipinski definition) is 3. The molecule has 1 N–H and O–H groups in total. The van der Waals surface area contributed by atoms with Crippen LogP contribution >= 0.6 is 11.3 Å². The minimum atomic E-state index is -1.03. The van der Waals surface area contributed by atoms with E-state index in [1.54, 1.807) is 11.3 Å². The van der Waals surface area contributed by atoms with Gasteiger partial charge in [0.15, 0.2) is 0 Å². The highest BCUT2D eigenvalue weighted by atomic mass is 32.1. The molecule has 0 spiro atoms. The number of rotatable bonds is 3. The number of aromatic carboxylic acids is 1. The van der Waals surface area contributed by atoms with Crippen molar-refractivity contribution in [2.75, 3.05) is 0 Å². The highest BCUT2D eigenvalue weighted by Crippen LogP contribution is 2.21. The molecular weight excluding hydrogens is 250 g/mol. The number of aryl methyl sites for hydroxylation is 2. The van der Waals surface area contributed by atoms with Crippen molar-refractivity contribution in [3.05, 3.63) is 55.6 Å². The Labute approximate surface area is 108 Å². The summed E-state index contributed by atoms with van der Waals surface area (Å²) >= 11 is 1.62. The number of carboxylic acids is 1. The molecule has 0 bridgehead atoms. The van der Waals surface area contributed by atoms with E-state index in [9.17, 15) is 9.59 Å². The summed E-state index contributed by atoms with van der Waals surface area (Å²) in [5.74, 6) is -1.03. The lowest BCUT2D eigenvalue weighted by Gasteiger charge is -2.04. The minimum absolute atomic E-state index is 0.125. The molecule has 0 aliphatic heterocycles. The molecule has 0 radical (unpaired) electrons. The smallest absolute Gasteiger partial charge is 0.337 e. The third kappa shape index (κ3) is 2.51. The van der Waals surface area contributed by atoms with E-state index in [1.165, 1.54) is 33.3 Å². The lowest BCUT2D eigenvalue weighted by Crippen LogP contribution is -2.20. The largest absolute Gasteiger partial charge is 0.478 e. The first-order chi connectivity index (χ1) is 8.47. The van der Waals surface area contributed by atoms with E-state index >= 15 is 0 Å². The maximum absolute atomic E-state index is 11.7. The van der Waals surface area contributed by atoms with Gasteiger partial charge in [-0.25, -0.2) is 4.79 Å². The second kappa shape index (κ2) is 4.78. The van der Waals surface area contributed by atoms with Gasteiger partial charge in [-0.2, -0.15) is 0 Å². The topological polar surface area (TPSA) is 59.3 Å². The van der Waals surface area contributed by atoms with Crippen LogP contribution in [0.2, 0.25) is 0 Å². The molecule has 94 valence electrons.